The fraction of sp³-hybridized carbons (Fsp3) is 0.267. The SMILES string of the molecule is COc1c(Cl)ccc(Cl)c1C(=O)N1CCc2[nH]nc(C(=O)O)c2C1. The molecule has 126 valence electrons. The van der Waals surface area contributed by atoms with E-state index in [2.05, 4.69) is 10.2 Å². The Morgan fingerprint density at radius 3 is 2.71 bits per heavy atom. The molecule has 0 unspecified atom stereocenters. The van der Waals surface area contributed by atoms with Crippen LogP contribution in [0.3, 0.4) is 0 Å². The second-order valence-electron chi connectivity index (χ2n) is 5.25. The summed E-state index contributed by atoms with van der Waals surface area (Å²) in [6.45, 7) is 0.525. The van der Waals surface area contributed by atoms with E-state index in [-0.39, 0.29) is 39.5 Å². The molecule has 0 spiro atoms. The maximum absolute atomic E-state index is 12.9. The molecule has 2 aromatic rings. The molecule has 0 atom stereocenters. The molecule has 0 aliphatic carbocycles. The maximum Gasteiger partial charge on any atom is 0.356 e. The van der Waals surface area contributed by atoms with Gasteiger partial charge < -0.3 is 14.7 Å². The van der Waals surface area contributed by atoms with E-state index in [1.54, 1.807) is 6.07 Å². The molecule has 0 saturated heterocycles. The number of nitrogens with one attached hydrogen (secondary N) is 1. The average molecular weight is 370 g/mol. The van der Waals surface area contributed by atoms with Crippen LogP contribution < -0.4 is 4.74 Å². The monoisotopic (exact) mass is 369 g/mol. The van der Waals surface area contributed by atoms with Crippen LogP contribution >= 0.6 is 23.2 Å². The van der Waals surface area contributed by atoms with Crippen molar-refractivity contribution in [3.8, 4) is 5.75 Å². The highest BCUT2D eigenvalue weighted by Crippen LogP contribution is 2.35. The third-order valence-electron chi connectivity index (χ3n) is 3.90. The van der Waals surface area contributed by atoms with Gasteiger partial charge in [0.15, 0.2) is 11.4 Å². The van der Waals surface area contributed by atoms with Gasteiger partial charge in [0, 0.05) is 24.2 Å². The summed E-state index contributed by atoms with van der Waals surface area (Å²) in [6.07, 6.45) is 0.474. The first-order valence-electron chi connectivity index (χ1n) is 7.04. The Labute approximate surface area is 147 Å². The van der Waals surface area contributed by atoms with Gasteiger partial charge in [-0.15, -0.1) is 0 Å². The van der Waals surface area contributed by atoms with Crippen molar-refractivity contribution < 1.29 is 19.4 Å². The van der Waals surface area contributed by atoms with Crippen molar-refractivity contribution in [3.05, 3.63) is 44.7 Å². The Morgan fingerprint density at radius 2 is 2.04 bits per heavy atom. The average Bonchev–Trinajstić information content (AvgIpc) is 2.99. The Balaban J connectivity index is 1.97. The molecule has 3 rings (SSSR count). The summed E-state index contributed by atoms with van der Waals surface area (Å²) in [5.74, 6) is -1.31. The molecule has 0 bridgehead atoms. The Hall–Kier alpha value is -2.25. The molecule has 1 aromatic carbocycles. The van der Waals surface area contributed by atoms with Crippen molar-refractivity contribution in [1.82, 2.24) is 15.1 Å². The van der Waals surface area contributed by atoms with E-state index in [0.717, 1.165) is 5.69 Å². The number of hydrogen-bond acceptors (Lipinski definition) is 4. The number of nitrogens with zero attached hydrogens (tertiary/aromatic N) is 2. The van der Waals surface area contributed by atoms with E-state index >= 15 is 0 Å². The van der Waals surface area contributed by atoms with Gasteiger partial charge in [-0.2, -0.15) is 5.10 Å². The van der Waals surface area contributed by atoms with Crippen LogP contribution in [-0.2, 0) is 13.0 Å². The second-order valence-corrected chi connectivity index (χ2v) is 6.06. The van der Waals surface area contributed by atoms with Crippen molar-refractivity contribution in [2.45, 2.75) is 13.0 Å². The minimum Gasteiger partial charge on any atom is -0.494 e. The second kappa shape index (κ2) is 6.33. The maximum atomic E-state index is 12.9. The molecule has 1 aliphatic heterocycles. The Morgan fingerprint density at radius 1 is 1.33 bits per heavy atom. The molecule has 0 radical (unpaired) electrons. The molecular weight excluding hydrogens is 357 g/mol. The van der Waals surface area contributed by atoms with Crippen molar-refractivity contribution in [2.75, 3.05) is 13.7 Å². The number of methoxy groups -OCH3 is 1. The quantitative estimate of drug-likeness (QED) is 0.866. The number of carboxylic acids is 1. The van der Waals surface area contributed by atoms with Gasteiger partial charge in [0.2, 0.25) is 0 Å². The Bertz CT molecular complexity index is 834. The van der Waals surface area contributed by atoms with Crippen LogP contribution in [0.1, 0.15) is 32.1 Å². The highest BCUT2D eigenvalue weighted by atomic mass is 35.5. The number of amides is 1. The topological polar surface area (TPSA) is 95.5 Å². The predicted octanol–water partition coefficient (Wildman–Crippen LogP) is 2.62. The lowest BCUT2D eigenvalue weighted by atomic mass is 10.0. The van der Waals surface area contributed by atoms with Gasteiger partial charge in [0.25, 0.3) is 5.91 Å². The molecule has 0 fully saturated rings. The van der Waals surface area contributed by atoms with E-state index in [9.17, 15) is 14.7 Å². The molecule has 7 nitrogen and oxygen atoms in total. The number of hydrogen-bond donors (Lipinski definition) is 2. The van der Waals surface area contributed by atoms with Gasteiger partial charge in [0.05, 0.1) is 23.7 Å². The first-order chi connectivity index (χ1) is 11.4. The number of aromatic amines is 1. The summed E-state index contributed by atoms with van der Waals surface area (Å²) in [5, 5.41) is 16.2. The van der Waals surface area contributed by atoms with Gasteiger partial charge in [0.1, 0.15) is 5.56 Å². The number of aromatic carboxylic acids is 1. The number of ether oxygens (including phenoxy) is 1. The molecule has 2 N–H and O–H groups in total. The van der Waals surface area contributed by atoms with Crippen LogP contribution in [0.4, 0.5) is 0 Å². The number of rotatable bonds is 3. The third-order valence-corrected chi connectivity index (χ3v) is 4.51. The van der Waals surface area contributed by atoms with Gasteiger partial charge in [-0.3, -0.25) is 9.89 Å². The van der Waals surface area contributed by atoms with E-state index in [4.69, 9.17) is 27.9 Å². The summed E-state index contributed by atoms with van der Waals surface area (Å²) >= 11 is 12.2. The molecular formula is C15H13Cl2N3O4. The molecule has 9 heteroatoms. The van der Waals surface area contributed by atoms with Crippen LogP contribution in [-0.4, -0.2) is 45.7 Å². The summed E-state index contributed by atoms with van der Waals surface area (Å²) < 4.78 is 5.21. The predicted molar refractivity (Wildman–Crippen MR) is 87.0 cm³/mol. The van der Waals surface area contributed by atoms with Crippen LogP contribution in [0.5, 0.6) is 5.75 Å². The van der Waals surface area contributed by atoms with Crippen molar-refractivity contribution in [1.29, 1.82) is 0 Å². The van der Waals surface area contributed by atoms with E-state index in [1.807, 2.05) is 0 Å². The van der Waals surface area contributed by atoms with Gasteiger partial charge in [-0.1, -0.05) is 23.2 Å². The number of H-pyrrole nitrogens is 1. The summed E-state index contributed by atoms with van der Waals surface area (Å²) in [6, 6.07) is 3.07. The van der Waals surface area contributed by atoms with Crippen molar-refractivity contribution in [3.63, 3.8) is 0 Å². The minimum atomic E-state index is -1.14. The standard InChI is InChI=1S/C15H13Cl2N3O4/c1-24-13-9(17)3-2-8(16)11(13)14(21)20-5-4-10-7(6-20)12(15(22)23)19-18-10/h2-3H,4-6H2,1H3,(H,18,19)(H,22,23). The molecule has 2 heterocycles. The van der Waals surface area contributed by atoms with Crippen molar-refractivity contribution in [2.24, 2.45) is 0 Å². The summed E-state index contributed by atoms with van der Waals surface area (Å²) in [4.78, 5) is 25.6. The lowest BCUT2D eigenvalue weighted by molar-refractivity contribution is 0.0673. The zero-order chi connectivity index (χ0) is 17.4. The van der Waals surface area contributed by atoms with E-state index in [1.165, 1.54) is 18.1 Å². The lowest BCUT2D eigenvalue weighted by Gasteiger charge is -2.28. The summed E-state index contributed by atoms with van der Waals surface area (Å²) in [7, 11) is 1.40. The molecule has 1 aromatic heterocycles. The lowest BCUT2D eigenvalue weighted by Crippen LogP contribution is -2.36. The molecule has 1 amide bonds. The number of halogens is 2. The van der Waals surface area contributed by atoms with Crippen LogP contribution in [0.15, 0.2) is 12.1 Å². The van der Waals surface area contributed by atoms with Crippen LogP contribution in [0.25, 0.3) is 0 Å². The smallest absolute Gasteiger partial charge is 0.356 e. The van der Waals surface area contributed by atoms with Crippen molar-refractivity contribution >= 4 is 35.1 Å². The first-order valence-corrected chi connectivity index (χ1v) is 7.80. The third kappa shape index (κ3) is 2.70. The van der Waals surface area contributed by atoms with E-state index in [0.29, 0.717) is 18.5 Å². The highest BCUT2D eigenvalue weighted by Gasteiger charge is 2.30. The fourth-order valence-corrected chi connectivity index (χ4v) is 3.20. The number of carboxylic acid groups (broad SMARTS) is 1. The zero-order valence-corrected chi connectivity index (χ0v) is 14.1. The van der Waals surface area contributed by atoms with Gasteiger partial charge in [-0.05, 0) is 12.1 Å². The minimum absolute atomic E-state index is 0.0772. The van der Waals surface area contributed by atoms with E-state index < -0.39 is 5.97 Å². The largest absolute Gasteiger partial charge is 0.494 e. The number of fused-ring (bicyclic) bond motifs is 1. The first kappa shape index (κ1) is 16.6. The number of aromatic nitrogens is 2. The molecule has 1 aliphatic rings. The fourth-order valence-electron chi connectivity index (χ4n) is 2.74. The number of benzene rings is 1. The molecule has 0 saturated carbocycles. The van der Waals surface area contributed by atoms with Crippen LogP contribution in [0.2, 0.25) is 10.0 Å². The normalized spacial score (nSPS) is 13.5. The molecule has 24 heavy (non-hydrogen) atoms. The summed E-state index contributed by atoms with van der Waals surface area (Å²) in [5.41, 5.74) is 1.31. The number of carbonyl (C=O) groups excluding carboxylic acids is 1. The number of carbonyl (C=O) groups is 2. The van der Waals surface area contributed by atoms with Crippen LogP contribution in [0, 0.1) is 0 Å². The highest BCUT2D eigenvalue weighted by molar-refractivity contribution is 6.37. The van der Waals surface area contributed by atoms with Gasteiger partial charge >= 0.3 is 5.97 Å². The zero-order valence-electron chi connectivity index (χ0n) is 12.6. The van der Waals surface area contributed by atoms with Gasteiger partial charge in [-0.25, -0.2) is 4.79 Å². The Kier molecular flexibility index (Phi) is 4.38.